The highest BCUT2D eigenvalue weighted by Gasteiger charge is 2.22. The van der Waals surface area contributed by atoms with Gasteiger partial charge in [-0.1, -0.05) is 49.2 Å². The molecule has 2 amide bonds. The van der Waals surface area contributed by atoms with Crippen LogP contribution in [0.3, 0.4) is 0 Å². The van der Waals surface area contributed by atoms with Crippen LogP contribution in [0, 0.1) is 0 Å². The second-order valence-electron chi connectivity index (χ2n) is 11.0. The van der Waals surface area contributed by atoms with Gasteiger partial charge in [0.25, 0.3) is 5.91 Å². The van der Waals surface area contributed by atoms with Crippen LogP contribution in [0.2, 0.25) is 0 Å². The molecular formula is C33H41N3O8S. The van der Waals surface area contributed by atoms with E-state index in [0.29, 0.717) is 17.7 Å². The highest BCUT2D eigenvalue weighted by Crippen LogP contribution is 2.31. The Labute approximate surface area is 264 Å². The van der Waals surface area contributed by atoms with E-state index in [1.807, 2.05) is 24.3 Å². The number of benzene rings is 2. The maximum absolute atomic E-state index is 13.0. The number of rotatable bonds is 14. The minimum absolute atomic E-state index is 0.00560. The van der Waals surface area contributed by atoms with Crippen LogP contribution in [-0.4, -0.2) is 67.2 Å². The minimum atomic E-state index is -3.91. The number of hydrogen-bond donors (Lipinski definition) is 4. The Morgan fingerprint density at radius 2 is 1.73 bits per heavy atom. The monoisotopic (exact) mass is 639 g/mol. The lowest BCUT2D eigenvalue weighted by Gasteiger charge is -2.20. The van der Waals surface area contributed by atoms with E-state index in [9.17, 15) is 23.1 Å². The van der Waals surface area contributed by atoms with Crippen molar-refractivity contribution in [3.05, 3.63) is 83.7 Å². The molecule has 242 valence electrons. The van der Waals surface area contributed by atoms with Crippen LogP contribution in [0.1, 0.15) is 72.5 Å². The Balaban J connectivity index is 1.38. The Morgan fingerprint density at radius 3 is 2.42 bits per heavy atom. The predicted molar refractivity (Wildman–Crippen MR) is 169 cm³/mol. The zero-order valence-electron chi connectivity index (χ0n) is 25.2. The molecule has 4 N–H and O–H groups in total. The quantitative estimate of drug-likeness (QED) is 0.188. The van der Waals surface area contributed by atoms with Gasteiger partial charge in [-0.15, -0.1) is 0 Å². The fourth-order valence-electron chi connectivity index (χ4n) is 5.08. The lowest BCUT2D eigenvalue weighted by atomic mass is 10.0. The highest BCUT2D eigenvalue weighted by molar-refractivity contribution is 7.90. The second-order valence-corrected chi connectivity index (χ2v) is 12.9. The van der Waals surface area contributed by atoms with E-state index >= 15 is 0 Å². The van der Waals surface area contributed by atoms with E-state index in [2.05, 4.69) is 15.0 Å². The molecular weight excluding hydrogens is 598 g/mol. The molecule has 0 bridgehead atoms. The Kier molecular flexibility index (Phi) is 12.7. The summed E-state index contributed by atoms with van der Waals surface area (Å²) < 4.78 is 38.4. The minimum Gasteiger partial charge on any atom is -0.490 e. The molecule has 1 fully saturated rings. The second kappa shape index (κ2) is 16.9. The summed E-state index contributed by atoms with van der Waals surface area (Å²) in [7, 11) is -3.91. The van der Waals surface area contributed by atoms with Gasteiger partial charge >= 0.3 is 6.09 Å². The molecule has 0 radical (unpaired) electrons. The van der Waals surface area contributed by atoms with E-state index < -0.39 is 28.1 Å². The lowest BCUT2D eigenvalue weighted by Crippen LogP contribution is -2.33. The molecule has 45 heavy (non-hydrogen) atoms. The van der Waals surface area contributed by atoms with Crippen LogP contribution in [-0.2, 0) is 21.2 Å². The number of nitrogens with one attached hydrogen (secondary N) is 2. The third kappa shape index (κ3) is 10.8. The van der Waals surface area contributed by atoms with Crippen LogP contribution in [0.5, 0.6) is 5.75 Å². The van der Waals surface area contributed by atoms with E-state index in [-0.39, 0.29) is 43.6 Å². The third-order valence-corrected chi connectivity index (χ3v) is 8.88. The molecule has 0 saturated heterocycles. The summed E-state index contributed by atoms with van der Waals surface area (Å²) in [4.78, 5) is 29.1. The van der Waals surface area contributed by atoms with Crippen LogP contribution in [0.15, 0.2) is 67.0 Å². The number of pyridine rings is 1. The number of hydrogen-bond acceptors (Lipinski definition) is 9. The molecule has 0 aliphatic heterocycles. The van der Waals surface area contributed by atoms with Crippen LogP contribution >= 0.6 is 0 Å². The summed E-state index contributed by atoms with van der Waals surface area (Å²) >= 11 is 0. The number of sulfonamides is 1. The van der Waals surface area contributed by atoms with Crippen molar-refractivity contribution in [2.24, 2.45) is 0 Å². The first kappa shape index (κ1) is 33.9. The van der Waals surface area contributed by atoms with Gasteiger partial charge in [0.15, 0.2) is 0 Å². The molecule has 1 heterocycles. The molecule has 11 nitrogen and oxygen atoms in total. The first-order chi connectivity index (χ1) is 21.7. The van der Waals surface area contributed by atoms with Gasteiger partial charge in [-0.2, -0.15) is 0 Å². The van der Waals surface area contributed by atoms with Gasteiger partial charge in [-0.05, 0) is 67.0 Å². The van der Waals surface area contributed by atoms with Gasteiger partial charge in [-0.25, -0.2) is 17.9 Å². The maximum atomic E-state index is 13.0. The summed E-state index contributed by atoms with van der Waals surface area (Å²) in [5.41, 5.74) is 3.35. The van der Waals surface area contributed by atoms with Crippen molar-refractivity contribution < 1.29 is 37.7 Å². The molecule has 1 aliphatic rings. The predicted octanol–water partition coefficient (Wildman–Crippen LogP) is 4.29. The number of alkyl carbamates (subject to hydrolysis) is 1. The molecule has 1 aromatic heterocycles. The number of nitrogens with zero attached hydrogens (tertiary/aromatic N) is 1. The van der Waals surface area contributed by atoms with Gasteiger partial charge in [0, 0.05) is 31.0 Å². The number of aliphatic hydroxyl groups excluding tert-OH is 2. The SMILES string of the molecule is O=C(NC[C@H](O)c1cccnc1)OCCc1ccc(-c2ccc(C(=O)NS(=O)(=O)CCCO)c(OC3CCCCCC3)c2)cc1. The number of carbonyl (C=O) groups excluding carboxylic acids is 2. The Hall–Kier alpha value is -4.00. The van der Waals surface area contributed by atoms with Gasteiger partial charge < -0.3 is 25.0 Å². The van der Waals surface area contributed by atoms with Crippen molar-refractivity contribution in [3.8, 4) is 16.9 Å². The fourth-order valence-corrected chi connectivity index (χ4v) is 6.08. The van der Waals surface area contributed by atoms with Crippen molar-refractivity contribution in [2.75, 3.05) is 25.5 Å². The summed E-state index contributed by atoms with van der Waals surface area (Å²) in [6.45, 7) is -0.135. The molecule has 2 aromatic carbocycles. The van der Waals surface area contributed by atoms with Gasteiger partial charge in [-0.3, -0.25) is 9.78 Å². The van der Waals surface area contributed by atoms with Gasteiger partial charge in [0.05, 0.1) is 36.7 Å². The number of amides is 2. The zero-order valence-corrected chi connectivity index (χ0v) is 26.0. The van der Waals surface area contributed by atoms with E-state index in [4.69, 9.17) is 14.6 Å². The summed E-state index contributed by atoms with van der Waals surface area (Å²) in [6, 6.07) is 16.2. The average Bonchev–Trinajstić information content (AvgIpc) is 3.32. The van der Waals surface area contributed by atoms with Crippen molar-refractivity contribution in [3.63, 3.8) is 0 Å². The molecule has 3 aromatic rings. The van der Waals surface area contributed by atoms with E-state index in [1.54, 1.807) is 36.5 Å². The molecule has 1 aliphatic carbocycles. The molecule has 4 rings (SSSR count). The molecule has 0 unspecified atom stereocenters. The maximum Gasteiger partial charge on any atom is 0.407 e. The van der Waals surface area contributed by atoms with Crippen molar-refractivity contribution in [1.29, 1.82) is 0 Å². The van der Waals surface area contributed by atoms with Gasteiger partial charge in [0.2, 0.25) is 10.0 Å². The van der Waals surface area contributed by atoms with Crippen LogP contribution in [0.4, 0.5) is 4.79 Å². The largest absolute Gasteiger partial charge is 0.490 e. The van der Waals surface area contributed by atoms with Crippen molar-refractivity contribution in [2.45, 2.75) is 63.6 Å². The summed E-state index contributed by atoms with van der Waals surface area (Å²) in [6.07, 6.45) is 8.12. The van der Waals surface area contributed by atoms with Crippen LogP contribution in [0.25, 0.3) is 11.1 Å². The average molecular weight is 640 g/mol. The van der Waals surface area contributed by atoms with E-state index in [0.717, 1.165) is 55.2 Å². The first-order valence-corrected chi connectivity index (χ1v) is 16.9. The number of aliphatic hydroxyl groups is 2. The van der Waals surface area contributed by atoms with Crippen molar-refractivity contribution in [1.82, 2.24) is 15.0 Å². The number of ether oxygens (including phenoxy) is 2. The van der Waals surface area contributed by atoms with E-state index in [1.165, 1.54) is 6.20 Å². The normalized spacial score (nSPS) is 14.6. The summed E-state index contributed by atoms with van der Waals surface area (Å²) in [5.74, 6) is -0.802. The zero-order chi connectivity index (χ0) is 32.1. The Bertz CT molecular complexity index is 1490. The smallest absolute Gasteiger partial charge is 0.407 e. The summed E-state index contributed by atoms with van der Waals surface area (Å²) in [5, 5.41) is 21.7. The topological polar surface area (TPSA) is 164 Å². The first-order valence-electron chi connectivity index (χ1n) is 15.3. The van der Waals surface area contributed by atoms with Crippen molar-refractivity contribution >= 4 is 22.0 Å². The number of carbonyl (C=O) groups is 2. The Morgan fingerprint density at radius 1 is 1.00 bits per heavy atom. The fraction of sp³-hybridized carbons (Fsp3) is 0.424. The highest BCUT2D eigenvalue weighted by atomic mass is 32.2. The molecule has 1 atom stereocenters. The van der Waals surface area contributed by atoms with Gasteiger partial charge in [0.1, 0.15) is 5.75 Å². The third-order valence-electron chi connectivity index (χ3n) is 7.56. The molecule has 0 spiro atoms. The molecule has 1 saturated carbocycles. The van der Waals surface area contributed by atoms with Crippen LogP contribution < -0.4 is 14.8 Å². The standard InChI is InChI=1S/C33H41N3O8S/c37-18-6-20-45(41,42)36-32(39)29-15-14-26(21-31(29)44-28-8-3-1-2-4-9-28)25-12-10-24(11-13-25)16-19-43-33(40)35-23-30(38)27-7-5-17-34-22-27/h5,7,10-15,17,21-22,28,30,37-38H,1-4,6,8-9,16,18-20,23H2,(H,35,40)(H,36,39)/t30-/m0/s1. The number of aromatic nitrogens is 1. The molecule has 12 heteroatoms. The lowest BCUT2D eigenvalue weighted by molar-refractivity contribution is 0.0972.